The van der Waals surface area contributed by atoms with Crippen LogP contribution in [0.5, 0.6) is 5.75 Å². The normalized spacial score (nSPS) is 11.9. The highest BCUT2D eigenvalue weighted by Gasteiger charge is 2.19. The Hall–Kier alpha value is -2.51. The van der Waals surface area contributed by atoms with Gasteiger partial charge in [-0.15, -0.1) is 10.2 Å². The average molecular weight is 431 g/mol. The Morgan fingerprint density at radius 2 is 1.97 bits per heavy atom. The minimum Gasteiger partial charge on any atom is -0.482 e. The number of aromatic nitrogens is 3. The van der Waals surface area contributed by atoms with Crippen LogP contribution < -0.4 is 10.1 Å². The van der Waals surface area contributed by atoms with Crippen LogP contribution in [0.25, 0.3) is 0 Å². The van der Waals surface area contributed by atoms with Gasteiger partial charge >= 0.3 is 0 Å². The lowest BCUT2D eigenvalue weighted by Crippen LogP contribution is -2.15. The predicted octanol–water partition coefficient (Wildman–Crippen LogP) is 4.96. The highest BCUT2D eigenvalue weighted by molar-refractivity contribution is 7.99. The van der Waals surface area contributed by atoms with Crippen LogP contribution in [0.1, 0.15) is 30.0 Å². The lowest BCUT2D eigenvalue weighted by atomic mass is 10.1. The molecule has 2 aromatic carbocycles. The number of benzene rings is 2. The van der Waals surface area contributed by atoms with Crippen LogP contribution in [0.4, 0.5) is 5.69 Å². The zero-order chi connectivity index (χ0) is 21.0. The van der Waals surface area contributed by atoms with E-state index in [0.717, 1.165) is 11.3 Å². The van der Waals surface area contributed by atoms with Gasteiger partial charge in [-0.3, -0.25) is 4.79 Å². The summed E-state index contributed by atoms with van der Waals surface area (Å²) < 4.78 is 7.95. The number of anilines is 1. The molecular formula is C21H23ClN4O2S. The number of hydrogen-bond donors (Lipinski definition) is 1. The number of thioether (sulfide) groups is 1. The molecule has 3 aromatic rings. The van der Waals surface area contributed by atoms with Crippen molar-refractivity contribution < 1.29 is 9.53 Å². The van der Waals surface area contributed by atoms with Gasteiger partial charge in [0.25, 0.3) is 0 Å². The number of nitrogens with zero attached hydrogens (tertiary/aromatic N) is 3. The van der Waals surface area contributed by atoms with Crippen LogP contribution in [-0.2, 0) is 11.8 Å². The SMILES string of the molecule is Cc1cccc(OC(C)c2nnc(SCC(=O)Nc3ccccc3Cl)n2C)c1C. The second-order valence-electron chi connectivity index (χ2n) is 6.67. The van der Waals surface area contributed by atoms with Crippen molar-refractivity contribution in [3.8, 4) is 5.75 Å². The van der Waals surface area contributed by atoms with Gasteiger partial charge in [-0.1, -0.05) is 47.6 Å². The Labute approximate surface area is 179 Å². The molecule has 152 valence electrons. The molecule has 1 amide bonds. The maximum absolute atomic E-state index is 12.2. The molecule has 0 fully saturated rings. The van der Waals surface area contributed by atoms with Gasteiger partial charge in [0.2, 0.25) is 5.91 Å². The monoisotopic (exact) mass is 430 g/mol. The number of carbonyl (C=O) groups excluding carboxylic acids is 1. The average Bonchev–Trinajstić information content (AvgIpc) is 3.06. The van der Waals surface area contributed by atoms with Crippen molar-refractivity contribution in [1.29, 1.82) is 0 Å². The molecule has 0 saturated heterocycles. The molecule has 0 saturated carbocycles. The third-order valence-corrected chi connectivity index (χ3v) is 5.92. The number of hydrogen-bond acceptors (Lipinski definition) is 5. The lowest BCUT2D eigenvalue weighted by molar-refractivity contribution is -0.113. The minimum absolute atomic E-state index is 0.160. The van der Waals surface area contributed by atoms with Gasteiger partial charge in [-0.25, -0.2) is 0 Å². The zero-order valence-electron chi connectivity index (χ0n) is 16.8. The quantitative estimate of drug-likeness (QED) is 0.536. The van der Waals surface area contributed by atoms with E-state index in [1.165, 1.54) is 17.3 Å². The first kappa shape index (κ1) is 21.2. The minimum atomic E-state index is -0.278. The second-order valence-corrected chi connectivity index (χ2v) is 8.02. The number of nitrogens with one attached hydrogen (secondary N) is 1. The summed E-state index contributed by atoms with van der Waals surface area (Å²) >= 11 is 7.38. The number of halogens is 1. The molecule has 6 nitrogen and oxygen atoms in total. The molecule has 1 atom stereocenters. The summed E-state index contributed by atoms with van der Waals surface area (Å²) in [4.78, 5) is 12.2. The first-order valence-electron chi connectivity index (χ1n) is 9.16. The first-order valence-corrected chi connectivity index (χ1v) is 10.5. The van der Waals surface area contributed by atoms with E-state index < -0.39 is 0 Å². The van der Waals surface area contributed by atoms with Crippen LogP contribution in [0.2, 0.25) is 5.02 Å². The fourth-order valence-corrected chi connectivity index (χ4v) is 3.68. The summed E-state index contributed by atoms with van der Waals surface area (Å²) in [6.45, 7) is 6.02. The number of aryl methyl sites for hydroxylation is 1. The predicted molar refractivity (Wildman–Crippen MR) is 117 cm³/mol. The fraction of sp³-hybridized carbons (Fsp3) is 0.286. The van der Waals surface area contributed by atoms with Crippen molar-refractivity contribution in [2.75, 3.05) is 11.1 Å². The molecule has 1 heterocycles. The van der Waals surface area contributed by atoms with Crippen LogP contribution in [0.15, 0.2) is 47.6 Å². The topological polar surface area (TPSA) is 69.0 Å². The Kier molecular flexibility index (Phi) is 6.82. The van der Waals surface area contributed by atoms with Gasteiger partial charge in [0.1, 0.15) is 5.75 Å². The number of para-hydroxylation sites is 1. The summed E-state index contributed by atoms with van der Waals surface area (Å²) in [5.41, 5.74) is 2.87. The molecule has 29 heavy (non-hydrogen) atoms. The van der Waals surface area contributed by atoms with Gasteiger partial charge in [0.15, 0.2) is 17.1 Å². The van der Waals surface area contributed by atoms with E-state index in [-0.39, 0.29) is 17.8 Å². The molecule has 0 bridgehead atoms. The molecule has 0 aliphatic heterocycles. The maximum Gasteiger partial charge on any atom is 0.234 e. The van der Waals surface area contributed by atoms with Crippen molar-refractivity contribution in [2.24, 2.45) is 7.05 Å². The molecule has 1 aromatic heterocycles. The first-order chi connectivity index (χ1) is 13.9. The van der Waals surface area contributed by atoms with E-state index in [4.69, 9.17) is 16.3 Å². The van der Waals surface area contributed by atoms with Crippen LogP contribution in [-0.4, -0.2) is 26.4 Å². The molecule has 0 radical (unpaired) electrons. The van der Waals surface area contributed by atoms with Crippen molar-refractivity contribution in [3.05, 3.63) is 64.4 Å². The third-order valence-electron chi connectivity index (χ3n) is 4.57. The van der Waals surface area contributed by atoms with E-state index in [0.29, 0.717) is 21.7 Å². The summed E-state index contributed by atoms with van der Waals surface area (Å²) in [7, 11) is 1.87. The van der Waals surface area contributed by atoms with Gasteiger partial charge in [0, 0.05) is 7.05 Å². The number of rotatable bonds is 7. The fourth-order valence-electron chi connectivity index (χ4n) is 2.78. The van der Waals surface area contributed by atoms with Crippen LogP contribution in [0, 0.1) is 13.8 Å². The molecule has 8 heteroatoms. The van der Waals surface area contributed by atoms with Gasteiger partial charge < -0.3 is 14.6 Å². The maximum atomic E-state index is 12.2. The molecule has 3 rings (SSSR count). The Morgan fingerprint density at radius 3 is 2.72 bits per heavy atom. The van der Waals surface area contributed by atoms with Gasteiger partial charge in [0.05, 0.1) is 16.5 Å². The zero-order valence-corrected chi connectivity index (χ0v) is 18.3. The van der Waals surface area contributed by atoms with Crippen LogP contribution in [0.3, 0.4) is 0 Å². The standard InChI is InChI=1S/C21H23ClN4O2S/c1-13-8-7-11-18(14(13)2)28-15(3)20-24-25-21(26(20)4)29-12-19(27)23-17-10-6-5-9-16(17)22/h5-11,15H,12H2,1-4H3,(H,23,27). The van der Waals surface area contributed by atoms with E-state index in [1.54, 1.807) is 12.1 Å². The van der Waals surface area contributed by atoms with E-state index in [2.05, 4.69) is 28.5 Å². The summed E-state index contributed by atoms with van der Waals surface area (Å²) in [6, 6.07) is 13.1. The molecule has 0 spiro atoms. The van der Waals surface area contributed by atoms with Gasteiger partial charge in [-0.05, 0) is 50.1 Å². The summed E-state index contributed by atoms with van der Waals surface area (Å²) in [6.07, 6.45) is -0.278. The molecule has 1 N–H and O–H groups in total. The molecular weight excluding hydrogens is 408 g/mol. The van der Waals surface area contributed by atoms with E-state index in [9.17, 15) is 4.79 Å². The lowest BCUT2D eigenvalue weighted by Gasteiger charge is -2.16. The largest absolute Gasteiger partial charge is 0.482 e. The Balaban J connectivity index is 1.62. The molecule has 0 aliphatic rings. The smallest absolute Gasteiger partial charge is 0.234 e. The summed E-state index contributed by atoms with van der Waals surface area (Å²) in [5, 5.41) is 12.4. The van der Waals surface area contributed by atoms with Crippen molar-refractivity contribution in [2.45, 2.75) is 32.0 Å². The van der Waals surface area contributed by atoms with E-state index in [1.807, 2.05) is 49.7 Å². The number of ether oxygens (including phenoxy) is 1. The molecule has 0 aliphatic carbocycles. The van der Waals surface area contributed by atoms with Crippen LogP contribution >= 0.6 is 23.4 Å². The van der Waals surface area contributed by atoms with Gasteiger partial charge in [-0.2, -0.15) is 0 Å². The van der Waals surface area contributed by atoms with E-state index >= 15 is 0 Å². The van der Waals surface area contributed by atoms with Crippen molar-refractivity contribution in [3.63, 3.8) is 0 Å². The summed E-state index contributed by atoms with van der Waals surface area (Å²) in [5.74, 6) is 1.56. The number of carbonyl (C=O) groups is 1. The highest BCUT2D eigenvalue weighted by Crippen LogP contribution is 2.27. The van der Waals surface area contributed by atoms with Crippen molar-refractivity contribution >= 4 is 35.0 Å². The Bertz CT molecular complexity index is 1020. The second kappa shape index (κ2) is 9.33. The Morgan fingerprint density at radius 1 is 1.21 bits per heavy atom. The highest BCUT2D eigenvalue weighted by atomic mass is 35.5. The third kappa shape index (κ3) is 5.10. The number of amides is 1. The van der Waals surface area contributed by atoms with Crippen molar-refractivity contribution in [1.82, 2.24) is 14.8 Å². The molecule has 1 unspecified atom stereocenters.